The molecular weight excluding hydrogens is 702 g/mol. The molecule has 5 aromatic rings. The molecule has 0 aliphatic heterocycles. The zero-order valence-electron chi connectivity index (χ0n) is 30.4. The number of fused-ring (bicyclic) bond motifs is 1. The molecule has 1 fully saturated rings. The van der Waals surface area contributed by atoms with Crippen molar-refractivity contribution in [1.29, 1.82) is 0 Å². The third kappa shape index (κ3) is 6.87. The zero-order chi connectivity index (χ0) is 35.7. The second-order valence-electron chi connectivity index (χ2n) is 15.6. The first-order valence-electron chi connectivity index (χ1n) is 17.7. The number of pyridine rings is 1. The monoisotopic (exact) mass is 751 g/mol. The minimum Gasteiger partial charge on any atom is -0.407 e. The van der Waals surface area contributed by atoms with Gasteiger partial charge in [0.25, 0.3) is 8.32 Å². The molecule has 1 atom stereocenters. The Morgan fingerprint density at radius 2 is 1.60 bits per heavy atom. The summed E-state index contributed by atoms with van der Waals surface area (Å²) in [4.78, 5) is 16.2. The van der Waals surface area contributed by atoms with E-state index >= 15 is 0 Å². The number of aromatic nitrogens is 2. The highest BCUT2D eigenvalue weighted by molar-refractivity contribution is 9.10. The fourth-order valence-corrected chi connectivity index (χ4v) is 13.0. The van der Waals surface area contributed by atoms with Crippen molar-refractivity contribution in [2.45, 2.75) is 84.0 Å². The quantitative estimate of drug-likeness (QED) is 0.0966. The number of nitrogens with zero attached hydrogens (tertiary/aromatic N) is 2. The van der Waals surface area contributed by atoms with E-state index in [9.17, 15) is 4.79 Å². The van der Waals surface area contributed by atoms with Gasteiger partial charge in [-0.25, -0.2) is 0 Å². The highest BCUT2D eigenvalue weighted by atomic mass is 79.9. The summed E-state index contributed by atoms with van der Waals surface area (Å²) in [5, 5.41) is 6.68. The van der Waals surface area contributed by atoms with Crippen LogP contribution in [0.2, 0.25) is 5.04 Å². The molecule has 3 aromatic carbocycles. The van der Waals surface area contributed by atoms with Crippen molar-refractivity contribution in [2.24, 2.45) is 5.41 Å². The van der Waals surface area contributed by atoms with E-state index in [-0.39, 0.29) is 28.6 Å². The Morgan fingerprint density at radius 1 is 0.960 bits per heavy atom. The van der Waals surface area contributed by atoms with Gasteiger partial charge in [0.2, 0.25) is 6.41 Å². The molecule has 1 amide bonds. The van der Waals surface area contributed by atoms with Crippen molar-refractivity contribution in [3.63, 3.8) is 0 Å². The van der Waals surface area contributed by atoms with E-state index < -0.39 is 8.32 Å². The topological polar surface area (TPSA) is 65.4 Å². The lowest BCUT2D eigenvalue weighted by Gasteiger charge is -2.44. The molecule has 6 nitrogen and oxygen atoms in total. The summed E-state index contributed by atoms with van der Waals surface area (Å²) < 4.78 is 17.0. The minimum absolute atomic E-state index is 0.116. The van der Waals surface area contributed by atoms with Crippen LogP contribution in [0.3, 0.4) is 0 Å². The molecule has 0 bridgehead atoms. The molecule has 2 heterocycles. The lowest BCUT2D eigenvalue weighted by Crippen LogP contribution is -2.67. The molecule has 6 rings (SSSR count). The van der Waals surface area contributed by atoms with Gasteiger partial charge in [-0.2, -0.15) is 0 Å². The standard InChI is InChI=1S/C42H50BrN3O3Si/c1-29(48-7)39-35(19-14-22-44-39)40-37(36-23-30(43)20-21-38(36)46(40)32-24-31(25-32)45-28-47)26-42(5,6)27-49-50(41(2,3)4,33-15-10-8-11-16-33)34-17-12-9-13-18-34/h8-23,28-29,31-32H,24-27H2,1-7H3,(H,45,47)/t29-,31?,32?/m0/s1. The largest absolute Gasteiger partial charge is 0.407 e. The number of hydrogen-bond acceptors (Lipinski definition) is 4. The smallest absolute Gasteiger partial charge is 0.261 e. The lowest BCUT2D eigenvalue weighted by molar-refractivity contribution is -0.110. The van der Waals surface area contributed by atoms with Gasteiger partial charge in [-0.05, 0) is 82.9 Å². The first-order chi connectivity index (χ1) is 23.9. The van der Waals surface area contributed by atoms with Crippen molar-refractivity contribution < 1.29 is 14.0 Å². The fourth-order valence-electron chi connectivity index (χ4n) is 7.88. The van der Waals surface area contributed by atoms with Crippen LogP contribution in [0.15, 0.2) is 102 Å². The average Bonchev–Trinajstić information content (AvgIpc) is 3.37. The van der Waals surface area contributed by atoms with E-state index in [0.717, 1.165) is 41.4 Å². The summed E-state index contributed by atoms with van der Waals surface area (Å²) in [6, 6.07) is 33.0. The van der Waals surface area contributed by atoms with Crippen LogP contribution in [0, 0.1) is 5.41 Å². The molecule has 2 aromatic heterocycles. The Bertz CT molecular complexity index is 1890. The SMILES string of the molecule is CO[C@@H](C)c1ncccc1-c1c(CC(C)(C)CO[Si](c2ccccc2)(c2ccccc2)C(C)(C)C)c2cc(Br)ccc2n1C1CC(NC=O)C1. The summed E-state index contributed by atoms with van der Waals surface area (Å²) >= 11 is 3.80. The maximum atomic E-state index is 11.3. The summed E-state index contributed by atoms with van der Waals surface area (Å²) in [6.07, 6.45) is 5.04. The maximum absolute atomic E-state index is 11.3. The van der Waals surface area contributed by atoms with Crippen LogP contribution in [-0.2, 0) is 20.4 Å². The number of halogens is 1. The average molecular weight is 753 g/mol. The number of amides is 1. The molecule has 8 heteroatoms. The van der Waals surface area contributed by atoms with Crippen LogP contribution in [0.4, 0.5) is 0 Å². The van der Waals surface area contributed by atoms with Crippen molar-refractivity contribution in [1.82, 2.24) is 14.9 Å². The molecule has 1 aliphatic rings. The first kappa shape index (κ1) is 36.2. The van der Waals surface area contributed by atoms with Crippen LogP contribution in [0.5, 0.6) is 0 Å². The van der Waals surface area contributed by atoms with E-state index in [1.807, 2.05) is 12.3 Å². The highest BCUT2D eigenvalue weighted by Crippen LogP contribution is 2.47. The van der Waals surface area contributed by atoms with Gasteiger partial charge >= 0.3 is 0 Å². The van der Waals surface area contributed by atoms with E-state index in [1.165, 1.54) is 32.5 Å². The second kappa shape index (κ2) is 14.6. The van der Waals surface area contributed by atoms with Crippen LogP contribution in [0.1, 0.15) is 77.8 Å². The Balaban J connectivity index is 1.49. The first-order valence-corrected chi connectivity index (χ1v) is 20.4. The third-order valence-electron chi connectivity index (χ3n) is 10.4. The van der Waals surface area contributed by atoms with Gasteiger partial charge in [-0.15, -0.1) is 0 Å². The summed E-state index contributed by atoms with van der Waals surface area (Å²) in [6.45, 7) is 14.3. The molecule has 1 N–H and O–H groups in total. The fraction of sp³-hybridized carbons (Fsp3) is 0.381. The molecule has 0 unspecified atom stereocenters. The van der Waals surface area contributed by atoms with Crippen LogP contribution in [-0.4, -0.2) is 44.0 Å². The molecule has 1 aliphatic carbocycles. The van der Waals surface area contributed by atoms with Crippen molar-refractivity contribution in [3.8, 4) is 11.3 Å². The number of methoxy groups -OCH3 is 1. The van der Waals surface area contributed by atoms with E-state index in [2.05, 4.69) is 152 Å². The third-order valence-corrected chi connectivity index (χ3v) is 15.9. The highest BCUT2D eigenvalue weighted by Gasteiger charge is 2.51. The maximum Gasteiger partial charge on any atom is 0.261 e. The minimum atomic E-state index is -2.74. The Labute approximate surface area is 306 Å². The van der Waals surface area contributed by atoms with Crippen molar-refractivity contribution >= 4 is 51.9 Å². The van der Waals surface area contributed by atoms with Crippen LogP contribution in [0.25, 0.3) is 22.2 Å². The molecule has 0 saturated heterocycles. The van der Waals surface area contributed by atoms with Crippen molar-refractivity contribution in [2.75, 3.05) is 13.7 Å². The summed E-state index contributed by atoms with van der Waals surface area (Å²) in [7, 11) is -1.01. The van der Waals surface area contributed by atoms with Crippen LogP contribution >= 0.6 is 15.9 Å². The van der Waals surface area contributed by atoms with Gasteiger partial charge < -0.3 is 19.0 Å². The summed E-state index contributed by atoms with van der Waals surface area (Å²) in [5.41, 5.74) is 5.41. The Hall–Kier alpha value is -3.56. The molecule has 50 heavy (non-hydrogen) atoms. The number of nitrogens with one attached hydrogen (secondary N) is 1. The molecule has 1 saturated carbocycles. The van der Waals surface area contributed by atoms with Crippen LogP contribution < -0.4 is 15.7 Å². The summed E-state index contributed by atoms with van der Waals surface area (Å²) in [5.74, 6) is 0. The van der Waals surface area contributed by atoms with Gasteiger partial charge in [0, 0.05) is 52.9 Å². The molecule has 0 radical (unpaired) electrons. The Kier molecular flexibility index (Phi) is 10.6. The number of carbonyl (C=O) groups excluding carboxylic acids is 1. The normalized spacial score (nSPS) is 17.4. The lowest BCUT2D eigenvalue weighted by atomic mass is 9.83. The van der Waals surface area contributed by atoms with E-state index in [4.69, 9.17) is 14.1 Å². The predicted octanol–water partition coefficient (Wildman–Crippen LogP) is 8.77. The molecule has 0 spiro atoms. The van der Waals surface area contributed by atoms with Gasteiger partial charge in [0.15, 0.2) is 0 Å². The number of ether oxygens (including phenoxy) is 1. The van der Waals surface area contributed by atoms with Gasteiger partial charge in [-0.1, -0.05) is 111 Å². The molecule has 262 valence electrons. The number of carbonyl (C=O) groups is 1. The van der Waals surface area contributed by atoms with Crippen molar-refractivity contribution in [3.05, 3.63) is 113 Å². The Morgan fingerprint density at radius 3 is 2.18 bits per heavy atom. The number of hydrogen-bond donors (Lipinski definition) is 1. The molecular formula is C42H50BrN3O3Si. The van der Waals surface area contributed by atoms with E-state index in [1.54, 1.807) is 7.11 Å². The zero-order valence-corrected chi connectivity index (χ0v) is 33.0. The van der Waals surface area contributed by atoms with Gasteiger partial charge in [0.1, 0.15) is 0 Å². The predicted molar refractivity (Wildman–Crippen MR) is 211 cm³/mol. The van der Waals surface area contributed by atoms with Gasteiger partial charge in [-0.3, -0.25) is 9.78 Å². The number of rotatable bonds is 13. The van der Waals surface area contributed by atoms with Gasteiger partial charge in [0.05, 0.1) is 17.5 Å². The second-order valence-corrected chi connectivity index (χ2v) is 20.8. The number of benzene rings is 3. The van der Waals surface area contributed by atoms with E-state index in [0.29, 0.717) is 6.61 Å².